The molecule has 0 heterocycles. The van der Waals surface area contributed by atoms with Gasteiger partial charge in [0.1, 0.15) is 6.61 Å². The molecule has 260 valence electrons. The van der Waals surface area contributed by atoms with E-state index in [0.29, 0.717) is 12.8 Å². The molecule has 8 nitrogen and oxygen atoms in total. The number of hydrogen-bond acceptors (Lipinski definition) is 6. The van der Waals surface area contributed by atoms with Crippen LogP contribution >= 0.6 is 7.82 Å². The fraction of sp³-hybridized carbons (Fsp3) is 0.568. The van der Waals surface area contributed by atoms with Gasteiger partial charge in [-0.2, -0.15) is 0 Å². The van der Waals surface area contributed by atoms with Crippen LogP contribution in [-0.4, -0.2) is 41.0 Å². The summed E-state index contributed by atoms with van der Waals surface area (Å²) >= 11 is 0. The molecule has 0 saturated heterocycles. The van der Waals surface area contributed by atoms with Gasteiger partial charge in [0.2, 0.25) is 0 Å². The molecule has 0 aliphatic heterocycles. The zero-order valence-corrected chi connectivity index (χ0v) is 29.1. The van der Waals surface area contributed by atoms with Gasteiger partial charge in [-0.3, -0.25) is 14.1 Å². The Balaban J connectivity index is 4.17. The van der Waals surface area contributed by atoms with Gasteiger partial charge in [-0.05, 0) is 70.6 Å². The third-order valence-corrected chi connectivity index (χ3v) is 6.91. The molecule has 0 aliphatic carbocycles. The molecule has 1 unspecified atom stereocenters. The minimum atomic E-state index is -4.77. The number of rotatable bonds is 29. The van der Waals surface area contributed by atoms with Gasteiger partial charge in [0.15, 0.2) is 6.10 Å². The minimum absolute atomic E-state index is 0.0817. The van der Waals surface area contributed by atoms with Crippen LogP contribution in [-0.2, 0) is 28.2 Å². The van der Waals surface area contributed by atoms with E-state index in [-0.39, 0.29) is 19.4 Å². The monoisotopic (exact) mass is 662 g/mol. The van der Waals surface area contributed by atoms with Crippen molar-refractivity contribution >= 4 is 19.8 Å². The summed E-state index contributed by atoms with van der Waals surface area (Å²) in [4.78, 5) is 42.5. The summed E-state index contributed by atoms with van der Waals surface area (Å²) in [5, 5.41) is 0. The lowest BCUT2D eigenvalue weighted by Gasteiger charge is -2.18. The number of carbonyl (C=O) groups is 2. The van der Waals surface area contributed by atoms with Crippen LogP contribution < -0.4 is 0 Å². The molecule has 0 aliphatic rings. The summed E-state index contributed by atoms with van der Waals surface area (Å²) in [7, 11) is -4.77. The van der Waals surface area contributed by atoms with E-state index in [1.807, 2.05) is 12.2 Å². The lowest BCUT2D eigenvalue weighted by Crippen LogP contribution is -2.29. The summed E-state index contributed by atoms with van der Waals surface area (Å²) in [6, 6.07) is 0. The SMILES string of the molecule is CC/C=C\C/C=C\C/C=C\C/C=C\CCC(=O)OC(COC(=O)CCCCCCC/C=C\C/C=C\C/C=C\CC)COP(=O)(O)O. The first kappa shape index (κ1) is 43.2. The molecule has 0 spiro atoms. The van der Waals surface area contributed by atoms with E-state index >= 15 is 0 Å². The number of hydrogen-bond donors (Lipinski definition) is 2. The van der Waals surface area contributed by atoms with Gasteiger partial charge in [-0.1, -0.05) is 118 Å². The van der Waals surface area contributed by atoms with E-state index < -0.39 is 32.5 Å². The highest BCUT2D eigenvalue weighted by molar-refractivity contribution is 7.46. The molecule has 0 saturated carbocycles. The summed E-state index contributed by atoms with van der Waals surface area (Å²) in [6.45, 7) is 3.34. The van der Waals surface area contributed by atoms with Gasteiger partial charge in [0.25, 0.3) is 0 Å². The largest absolute Gasteiger partial charge is 0.469 e. The van der Waals surface area contributed by atoms with Gasteiger partial charge in [0.05, 0.1) is 6.61 Å². The van der Waals surface area contributed by atoms with Crippen molar-refractivity contribution in [1.82, 2.24) is 0 Å². The predicted octanol–water partition coefficient (Wildman–Crippen LogP) is 9.73. The van der Waals surface area contributed by atoms with Crippen molar-refractivity contribution in [2.45, 2.75) is 123 Å². The van der Waals surface area contributed by atoms with Crippen LogP contribution in [0.2, 0.25) is 0 Å². The van der Waals surface area contributed by atoms with E-state index in [2.05, 4.69) is 91.3 Å². The molecule has 1 atom stereocenters. The molecule has 0 aromatic carbocycles. The smallest absolute Gasteiger partial charge is 0.462 e. The molecule has 46 heavy (non-hydrogen) atoms. The molecule has 0 radical (unpaired) electrons. The van der Waals surface area contributed by atoms with Crippen LogP contribution in [0.5, 0.6) is 0 Å². The number of unbranched alkanes of at least 4 members (excludes halogenated alkanes) is 5. The number of ether oxygens (including phenoxy) is 2. The number of esters is 2. The second-order valence-electron chi connectivity index (χ2n) is 10.7. The molecule has 9 heteroatoms. The topological polar surface area (TPSA) is 119 Å². The molecular weight excluding hydrogens is 603 g/mol. The van der Waals surface area contributed by atoms with Crippen molar-refractivity contribution in [1.29, 1.82) is 0 Å². The Kier molecular flexibility index (Phi) is 30.2. The maximum Gasteiger partial charge on any atom is 0.469 e. The van der Waals surface area contributed by atoms with Crippen molar-refractivity contribution in [3.05, 3.63) is 85.1 Å². The lowest BCUT2D eigenvalue weighted by molar-refractivity contribution is -0.161. The molecule has 0 amide bonds. The molecule has 0 rings (SSSR count). The van der Waals surface area contributed by atoms with Crippen LogP contribution in [0.4, 0.5) is 0 Å². The third-order valence-electron chi connectivity index (χ3n) is 6.42. The molecular formula is C37H59O8P. The average Bonchev–Trinajstić information content (AvgIpc) is 3.02. The second kappa shape index (κ2) is 32.2. The third kappa shape index (κ3) is 34.1. The van der Waals surface area contributed by atoms with Crippen LogP contribution in [0.25, 0.3) is 0 Å². The Labute approximate surface area is 278 Å². The first-order chi connectivity index (χ1) is 22.3. The Morgan fingerprint density at radius 3 is 1.54 bits per heavy atom. The van der Waals surface area contributed by atoms with Crippen molar-refractivity contribution in [3.8, 4) is 0 Å². The predicted molar refractivity (Wildman–Crippen MR) is 188 cm³/mol. The molecule has 0 aromatic heterocycles. The maximum absolute atomic E-state index is 12.3. The van der Waals surface area contributed by atoms with Crippen molar-refractivity contribution < 1.29 is 37.9 Å². The van der Waals surface area contributed by atoms with Crippen LogP contribution in [0, 0.1) is 0 Å². The Morgan fingerprint density at radius 1 is 0.565 bits per heavy atom. The van der Waals surface area contributed by atoms with Gasteiger partial charge in [-0.25, -0.2) is 4.57 Å². The molecule has 0 bridgehead atoms. The van der Waals surface area contributed by atoms with Crippen molar-refractivity contribution in [2.75, 3.05) is 13.2 Å². The highest BCUT2D eigenvalue weighted by Gasteiger charge is 2.22. The van der Waals surface area contributed by atoms with Crippen molar-refractivity contribution in [3.63, 3.8) is 0 Å². The highest BCUT2D eigenvalue weighted by atomic mass is 31.2. The zero-order valence-electron chi connectivity index (χ0n) is 28.2. The van der Waals surface area contributed by atoms with E-state index in [1.54, 1.807) is 0 Å². The summed E-state index contributed by atoms with van der Waals surface area (Å²) in [5.74, 6) is -1.01. The van der Waals surface area contributed by atoms with Crippen LogP contribution in [0.15, 0.2) is 85.1 Å². The van der Waals surface area contributed by atoms with Crippen LogP contribution in [0.1, 0.15) is 117 Å². The summed E-state index contributed by atoms with van der Waals surface area (Å²) in [5.41, 5.74) is 0. The van der Waals surface area contributed by atoms with Gasteiger partial charge in [-0.15, -0.1) is 0 Å². The normalized spacial score (nSPS) is 13.6. The quantitative estimate of drug-likeness (QED) is 0.0352. The highest BCUT2D eigenvalue weighted by Crippen LogP contribution is 2.35. The molecule has 0 fully saturated rings. The van der Waals surface area contributed by atoms with E-state index in [9.17, 15) is 14.2 Å². The summed E-state index contributed by atoms with van der Waals surface area (Å²) in [6.07, 6.45) is 41.8. The number of phosphoric ester groups is 1. The van der Waals surface area contributed by atoms with Crippen LogP contribution in [0.3, 0.4) is 0 Å². The van der Waals surface area contributed by atoms with E-state index in [4.69, 9.17) is 19.3 Å². The fourth-order valence-electron chi connectivity index (χ4n) is 3.99. The van der Waals surface area contributed by atoms with E-state index in [0.717, 1.165) is 77.0 Å². The second-order valence-corrected chi connectivity index (χ2v) is 12.0. The van der Waals surface area contributed by atoms with E-state index in [1.165, 1.54) is 0 Å². The Bertz CT molecular complexity index is 1020. The standard InChI is InChI=1S/C37H59O8P/c1-3-5-7-9-11-13-15-17-18-20-21-23-25-27-29-31-36(38)43-33-35(34-44-46(40,41)42)45-37(39)32-30-28-26-24-22-19-16-14-12-10-8-6-4-2/h5-8,11-14,17-19,22,26,28,35H,3-4,9-10,15-16,20-21,23-25,27,29-34H2,1-2H3,(H2,40,41,42)/b7-5-,8-6-,13-11-,14-12-,18-17-,22-19-,28-26-. The summed E-state index contributed by atoms with van der Waals surface area (Å²) < 4.78 is 26.1. The first-order valence-corrected chi connectivity index (χ1v) is 18.4. The lowest BCUT2D eigenvalue weighted by atomic mass is 10.1. The molecule has 2 N–H and O–H groups in total. The zero-order chi connectivity index (χ0) is 34.0. The van der Waals surface area contributed by atoms with Gasteiger partial charge in [0, 0.05) is 12.8 Å². The minimum Gasteiger partial charge on any atom is -0.462 e. The Morgan fingerprint density at radius 2 is 1.02 bits per heavy atom. The first-order valence-electron chi connectivity index (χ1n) is 16.9. The van der Waals surface area contributed by atoms with Gasteiger partial charge < -0.3 is 19.3 Å². The average molecular weight is 663 g/mol. The fourth-order valence-corrected chi connectivity index (χ4v) is 4.35. The molecule has 0 aromatic rings. The number of carbonyl (C=O) groups excluding carboxylic acids is 2. The van der Waals surface area contributed by atoms with Gasteiger partial charge >= 0.3 is 19.8 Å². The van der Waals surface area contributed by atoms with Crippen molar-refractivity contribution in [2.24, 2.45) is 0 Å². The Hall–Kier alpha value is -2.77. The number of allylic oxidation sites excluding steroid dienone is 14. The maximum atomic E-state index is 12.3. The number of phosphoric acid groups is 1.